The van der Waals surface area contributed by atoms with Crippen LogP contribution in [0.25, 0.3) is 10.9 Å². The van der Waals surface area contributed by atoms with Crippen molar-refractivity contribution in [3.8, 4) is 0 Å². The van der Waals surface area contributed by atoms with Crippen molar-refractivity contribution >= 4 is 10.9 Å². The van der Waals surface area contributed by atoms with E-state index in [9.17, 15) is 18.0 Å². The highest BCUT2D eigenvalue weighted by Crippen LogP contribution is 2.33. The maximum absolute atomic E-state index is 12.8. The van der Waals surface area contributed by atoms with Crippen LogP contribution >= 0.6 is 0 Å². The summed E-state index contributed by atoms with van der Waals surface area (Å²) in [7, 11) is 0. The number of likely N-dealkylation sites (tertiary alicyclic amines) is 1. The number of rotatable bonds is 3. The number of aromatic amines is 1. The van der Waals surface area contributed by atoms with Crippen molar-refractivity contribution in [1.29, 1.82) is 0 Å². The van der Waals surface area contributed by atoms with E-state index < -0.39 is 11.7 Å². The molecule has 168 valence electrons. The van der Waals surface area contributed by atoms with Crippen LogP contribution in [0, 0.1) is 0 Å². The Morgan fingerprint density at radius 3 is 2.31 bits per heavy atom. The van der Waals surface area contributed by atoms with Crippen molar-refractivity contribution in [2.45, 2.75) is 57.2 Å². The molecule has 32 heavy (non-hydrogen) atoms. The summed E-state index contributed by atoms with van der Waals surface area (Å²) in [5, 5.41) is 1.17. The van der Waals surface area contributed by atoms with Crippen molar-refractivity contribution in [2.24, 2.45) is 0 Å². The summed E-state index contributed by atoms with van der Waals surface area (Å²) in [5.74, 6) is 0.299. The molecular formula is C26H27F3N2O. The number of H-pyrrole nitrogens is 1. The number of nitrogens with one attached hydrogen (secondary N) is 1. The Morgan fingerprint density at radius 1 is 0.938 bits per heavy atom. The predicted molar refractivity (Wildman–Crippen MR) is 120 cm³/mol. The van der Waals surface area contributed by atoms with Crippen molar-refractivity contribution < 1.29 is 13.2 Å². The van der Waals surface area contributed by atoms with E-state index in [0.29, 0.717) is 5.92 Å². The first-order valence-corrected chi connectivity index (χ1v) is 11.4. The molecule has 0 radical (unpaired) electrons. The summed E-state index contributed by atoms with van der Waals surface area (Å²) >= 11 is 0. The second-order valence-corrected chi connectivity index (χ2v) is 9.17. The SMILES string of the molecule is O=c1[nH]c2cc(CN3CCC(c4ccc(C(F)(F)F)cc4)CC3)ccc2c2c1CCCC2. The summed E-state index contributed by atoms with van der Waals surface area (Å²) < 4.78 is 38.4. The van der Waals surface area contributed by atoms with Gasteiger partial charge in [0.1, 0.15) is 0 Å². The van der Waals surface area contributed by atoms with Gasteiger partial charge in [-0.05, 0) is 92.4 Å². The lowest BCUT2D eigenvalue weighted by Crippen LogP contribution is -2.32. The Morgan fingerprint density at radius 2 is 1.62 bits per heavy atom. The molecule has 0 bridgehead atoms. The second-order valence-electron chi connectivity index (χ2n) is 9.17. The van der Waals surface area contributed by atoms with E-state index in [0.717, 1.165) is 74.8 Å². The minimum atomic E-state index is -4.29. The first kappa shape index (κ1) is 21.3. The van der Waals surface area contributed by atoms with Crippen molar-refractivity contribution in [1.82, 2.24) is 9.88 Å². The molecule has 3 nitrogen and oxygen atoms in total. The molecule has 2 aliphatic rings. The van der Waals surface area contributed by atoms with E-state index in [1.165, 1.54) is 28.6 Å². The second kappa shape index (κ2) is 8.39. The van der Waals surface area contributed by atoms with E-state index in [-0.39, 0.29) is 5.56 Å². The quantitative estimate of drug-likeness (QED) is 0.558. The van der Waals surface area contributed by atoms with Gasteiger partial charge in [0.05, 0.1) is 5.56 Å². The van der Waals surface area contributed by atoms with Crippen LogP contribution < -0.4 is 5.56 Å². The average molecular weight is 441 g/mol. The largest absolute Gasteiger partial charge is 0.416 e. The molecule has 1 N–H and O–H groups in total. The van der Waals surface area contributed by atoms with Crippen LogP contribution in [0.4, 0.5) is 13.2 Å². The Bertz CT molecular complexity index is 1170. The molecule has 0 unspecified atom stereocenters. The number of nitrogens with zero attached hydrogens (tertiary/aromatic N) is 1. The van der Waals surface area contributed by atoms with Crippen LogP contribution in [-0.4, -0.2) is 23.0 Å². The fourth-order valence-electron chi connectivity index (χ4n) is 5.33. The Kier molecular flexibility index (Phi) is 5.58. The third-order valence-corrected chi connectivity index (χ3v) is 7.10. The van der Waals surface area contributed by atoms with Gasteiger partial charge in [0.2, 0.25) is 0 Å². The highest BCUT2D eigenvalue weighted by atomic mass is 19.4. The fraction of sp³-hybridized carbons (Fsp3) is 0.423. The molecule has 3 aromatic rings. The number of hydrogen-bond donors (Lipinski definition) is 1. The minimum Gasteiger partial charge on any atom is -0.322 e. The van der Waals surface area contributed by atoms with E-state index in [1.807, 2.05) is 0 Å². The molecule has 0 amide bonds. The lowest BCUT2D eigenvalue weighted by molar-refractivity contribution is -0.137. The van der Waals surface area contributed by atoms with Gasteiger partial charge < -0.3 is 4.98 Å². The molecule has 0 saturated carbocycles. The zero-order valence-corrected chi connectivity index (χ0v) is 18.0. The Hall–Kier alpha value is -2.60. The van der Waals surface area contributed by atoms with E-state index in [2.05, 4.69) is 28.1 Å². The highest BCUT2D eigenvalue weighted by Gasteiger charge is 2.30. The average Bonchev–Trinajstić information content (AvgIpc) is 2.79. The fourth-order valence-corrected chi connectivity index (χ4v) is 5.33. The summed E-state index contributed by atoms with van der Waals surface area (Å²) in [6.07, 6.45) is 1.66. The summed E-state index contributed by atoms with van der Waals surface area (Å²) in [5.41, 5.74) is 4.74. The summed E-state index contributed by atoms with van der Waals surface area (Å²) in [6.45, 7) is 2.63. The number of piperidine rings is 1. The number of hydrogen-bond acceptors (Lipinski definition) is 2. The van der Waals surface area contributed by atoms with Crippen LogP contribution in [0.2, 0.25) is 0 Å². The molecule has 1 aromatic heterocycles. The molecule has 5 rings (SSSR count). The maximum Gasteiger partial charge on any atom is 0.416 e. The molecular weight excluding hydrogens is 413 g/mol. The summed E-state index contributed by atoms with van der Waals surface area (Å²) in [6, 6.07) is 12.1. The number of pyridine rings is 1. The number of halogens is 3. The normalized spacial score (nSPS) is 18.1. The molecule has 0 spiro atoms. The van der Waals surface area contributed by atoms with Crippen molar-refractivity contribution in [3.63, 3.8) is 0 Å². The Balaban J connectivity index is 1.25. The van der Waals surface area contributed by atoms with Crippen LogP contribution in [0.1, 0.15) is 59.4 Å². The zero-order chi connectivity index (χ0) is 22.3. The molecule has 6 heteroatoms. The lowest BCUT2D eigenvalue weighted by atomic mass is 9.88. The smallest absolute Gasteiger partial charge is 0.322 e. The minimum absolute atomic E-state index is 0.0571. The van der Waals surface area contributed by atoms with Crippen LogP contribution in [0.3, 0.4) is 0 Å². The standard InChI is InChI=1S/C26H27F3N2O/c27-26(28,29)20-8-6-18(7-9-20)19-11-13-31(14-12-19)16-17-5-10-22-21-3-1-2-4-23(21)25(32)30-24(22)15-17/h5-10,15,19H,1-4,11-14,16H2,(H,30,32). The number of aromatic nitrogens is 1. The monoisotopic (exact) mass is 440 g/mol. The predicted octanol–water partition coefficient (Wildman–Crippen LogP) is 5.81. The number of fused-ring (bicyclic) bond motifs is 3. The topological polar surface area (TPSA) is 36.1 Å². The van der Waals surface area contributed by atoms with Gasteiger partial charge in [-0.2, -0.15) is 13.2 Å². The van der Waals surface area contributed by atoms with Gasteiger partial charge in [0, 0.05) is 23.0 Å². The van der Waals surface area contributed by atoms with Gasteiger partial charge in [0.25, 0.3) is 5.56 Å². The van der Waals surface area contributed by atoms with Gasteiger partial charge in [-0.25, -0.2) is 0 Å². The van der Waals surface area contributed by atoms with Gasteiger partial charge >= 0.3 is 6.18 Å². The third-order valence-electron chi connectivity index (χ3n) is 7.10. The van der Waals surface area contributed by atoms with Gasteiger partial charge in [-0.3, -0.25) is 9.69 Å². The molecule has 2 heterocycles. The zero-order valence-electron chi connectivity index (χ0n) is 18.0. The van der Waals surface area contributed by atoms with Crippen LogP contribution in [-0.2, 0) is 25.6 Å². The van der Waals surface area contributed by atoms with E-state index in [1.54, 1.807) is 12.1 Å². The molecule has 1 saturated heterocycles. The van der Waals surface area contributed by atoms with Gasteiger partial charge in [-0.1, -0.05) is 24.3 Å². The Labute approximate surface area is 185 Å². The first-order chi connectivity index (χ1) is 15.4. The van der Waals surface area contributed by atoms with E-state index in [4.69, 9.17) is 0 Å². The molecule has 0 atom stereocenters. The molecule has 1 fully saturated rings. The van der Waals surface area contributed by atoms with Crippen molar-refractivity contribution in [3.05, 3.63) is 80.6 Å². The number of benzene rings is 2. The molecule has 2 aromatic carbocycles. The van der Waals surface area contributed by atoms with Crippen LogP contribution in [0.15, 0.2) is 47.3 Å². The van der Waals surface area contributed by atoms with E-state index >= 15 is 0 Å². The molecule has 1 aliphatic heterocycles. The molecule has 1 aliphatic carbocycles. The lowest BCUT2D eigenvalue weighted by Gasteiger charge is -2.32. The van der Waals surface area contributed by atoms with Gasteiger partial charge in [0.15, 0.2) is 0 Å². The third kappa shape index (κ3) is 4.20. The summed E-state index contributed by atoms with van der Waals surface area (Å²) in [4.78, 5) is 18.0. The number of alkyl halides is 3. The van der Waals surface area contributed by atoms with Gasteiger partial charge in [-0.15, -0.1) is 0 Å². The maximum atomic E-state index is 12.8. The first-order valence-electron chi connectivity index (χ1n) is 11.4. The highest BCUT2D eigenvalue weighted by molar-refractivity contribution is 5.84. The number of aryl methyl sites for hydroxylation is 1. The van der Waals surface area contributed by atoms with Crippen LogP contribution in [0.5, 0.6) is 0 Å². The van der Waals surface area contributed by atoms with Crippen molar-refractivity contribution in [2.75, 3.05) is 13.1 Å².